The molecule has 2 N–H and O–H groups in total. The van der Waals surface area contributed by atoms with Gasteiger partial charge in [-0.3, -0.25) is 0 Å². The van der Waals surface area contributed by atoms with Crippen molar-refractivity contribution >= 4 is 5.95 Å². The maximum atomic E-state index is 12.3. The number of hydrogen-bond donors (Lipinski definition) is 1. The number of allylic oxidation sites excluding steroid dienone is 1. The second-order valence-electron chi connectivity index (χ2n) is 2.83. The molecule has 0 aliphatic carbocycles. The molecule has 0 aromatic carbocycles. The van der Waals surface area contributed by atoms with Gasteiger partial charge in [-0.25, -0.2) is 4.98 Å². The van der Waals surface area contributed by atoms with Gasteiger partial charge in [-0.15, -0.1) is 0 Å². The van der Waals surface area contributed by atoms with Crippen LogP contribution in [0.25, 0.3) is 0 Å². The molecule has 4 nitrogen and oxygen atoms in total. The van der Waals surface area contributed by atoms with Crippen LogP contribution >= 0.6 is 0 Å². The third kappa shape index (κ3) is 3.41. The SMILES string of the molecule is C/C=C/COc1cc(C(F)(F)F)nc(N)n1. The van der Waals surface area contributed by atoms with Crippen LogP contribution in [0.1, 0.15) is 12.6 Å². The van der Waals surface area contributed by atoms with Crippen molar-refractivity contribution in [3.63, 3.8) is 0 Å². The summed E-state index contributed by atoms with van der Waals surface area (Å²) in [6.45, 7) is 1.89. The van der Waals surface area contributed by atoms with Crippen molar-refractivity contribution in [2.45, 2.75) is 13.1 Å². The average Bonchev–Trinajstić information content (AvgIpc) is 2.16. The third-order valence-electron chi connectivity index (χ3n) is 1.57. The molecule has 1 rings (SSSR count). The summed E-state index contributed by atoms with van der Waals surface area (Å²) >= 11 is 0. The Morgan fingerprint density at radius 1 is 1.44 bits per heavy atom. The minimum absolute atomic E-state index is 0.129. The van der Waals surface area contributed by atoms with E-state index >= 15 is 0 Å². The Labute approximate surface area is 90.0 Å². The van der Waals surface area contributed by atoms with Crippen molar-refractivity contribution in [1.29, 1.82) is 0 Å². The highest BCUT2D eigenvalue weighted by Crippen LogP contribution is 2.29. The molecule has 0 radical (unpaired) electrons. The first-order valence-electron chi connectivity index (χ1n) is 4.39. The largest absolute Gasteiger partial charge is 0.473 e. The van der Waals surface area contributed by atoms with Gasteiger partial charge < -0.3 is 10.5 Å². The van der Waals surface area contributed by atoms with Crippen LogP contribution in [-0.4, -0.2) is 16.6 Å². The summed E-state index contributed by atoms with van der Waals surface area (Å²) in [5.74, 6) is -0.664. The van der Waals surface area contributed by atoms with Gasteiger partial charge in [0.1, 0.15) is 6.61 Å². The highest BCUT2D eigenvalue weighted by atomic mass is 19.4. The zero-order valence-electron chi connectivity index (χ0n) is 8.45. The summed E-state index contributed by atoms with van der Waals surface area (Å²) in [4.78, 5) is 6.61. The minimum Gasteiger partial charge on any atom is -0.473 e. The summed E-state index contributed by atoms with van der Waals surface area (Å²) < 4.78 is 41.9. The van der Waals surface area contributed by atoms with E-state index in [1.165, 1.54) is 0 Å². The van der Waals surface area contributed by atoms with Crippen molar-refractivity contribution in [2.75, 3.05) is 12.3 Å². The minimum atomic E-state index is -4.56. The zero-order chi connectivity index (χ0) is 12.2. The fourth-order valence-corrected chi connectivity index (χ4v) is 0.892. The van der Waals surface area contributed by atoms with Gasteiger partial charge in [0.05, 0.1) is 0 Å². The molecule has 0 aliphatic rings. The molecule has 1 aromatic heterocycles. The number of anilines is 1. The lowest BCUT2D eigenvalue weighted by molar-refractivity contribution is -0.141. The second kappa shape index (κ2) is 4.82. The Hall–Kier alpha value is -1.79. The van der Waals surface area contributed by atoms with Gasteiger partial charge in [0, 0.05) is 6.07 Å². The van der Waals surface area contributed by atoms with Crippen LogP contribution in [0.5, 0.6) is 5.88 Å². The van der Waals surface area contributed by atoms with Crippen molar-refractivity contribution in [1.82, 2.24) is 9.97 Å². The number of rotatable bonds is 3. The molecule has 0 fully saturated rings. The number of nitrogen functional groups attached to an aromatic ring is 1. The number of ether oxygens (including phenoxy) is 1. The lowest BCUT2D eigenvalue weighted by Crippen LogP contribution is -2.11. The highest BCUT2D eigenvalue weighted by molar-refractivity contribution is 5.27. The summed E-state index contributed by atoms with van der Waals surface area (Å²) in [5.41, 5.74) is 4.02. The third-order valence-corrected chi connectivity index (χ3v) is 1.57. The van der Waals surface area contributed by atoms with Crippen LogP contribution in [0.15, 0.2) is 18.2 Å². The molecule has 0 aliphatic heterocycles. The maximum Gasteiger partial charge on any atom is 0.433 e. The molecule has 88 valence electrons. The van der Waals surface area contributed by atoms with E-state index < -0.39 is 17.8 Å². The fraction of sp³-hybridized carbons (Fsp3) is 0.333. The van der Waals surface area contributed by atoms with Crippen LogP contribution in [0, 0.1) is 0 Å². The number of nitrogens with zero attached hydrogens (tertiary/aromatic N) is 2. The van der Waals surface area contributed by atoms with E-state index in [2.05, 4.69) is 9.97 Å². The first-order chi connectivity index (χ1) is 7.43. The Morgan fingerprint density at radius 3 is 2.69 bits per heavy atom. The van der Waals surface area contributed by atoms with Gasteiger partial charge in [0.15, 0.2) is 5.69 Å². The van der Waals surface area contributed by atoms with Gasteiger partial charge in [-0.1, -0.05) is 12.2 Å². The fourth-order valence-electron chi connectivity index (χ4n) is 0.892. The number of hydrogen-bond acceptors (Lipinski definition) is 4. The van der Waals surface area contributed by atoms with E-state index in [9.17, 15) is 13.2 Å². The van der Waals surface area contributed by atoms with E-state index in [-0.39, 0.29) is 12.5 Å². The first-order valence-corrected chi connectivity index (χ1v) is 4.39. The predicted octanol–water partition coefficient (Wildman–Crippen LogP) is 2.03. The Kier molecular flexibility index (Phi) is 3.70. The monoisotopic (exact) mass is 233 g/mol. The molecule has 0 saturated heterocycles. The molecule has 1 aromatic rings. The van der Waals surface area contributed by atoms with E-state index in [1.54, 1.807) is 19.1 Å². The van der Waals surface area contributed by atoms with E-state index in [4.69, 9.17) is 10.5 Å². The van der Waals surface area contributed by atoms with E-state index in [0.717, 1.165) is 0 Å². The van der Waals surface area contributed by atoms with Gasteiger partial charge in [-0.05, 0) is 6.92 Å². The molecule has 7 heteroatoms. The van der Waals surface area contributed by atoms with Gasteiger partial charge in [0.2, 0.25) is 11.8 Å². The van der Waals surface area contributed by atoms with Crippen molar-refractivity contribution in [3.8, 4) is 5.88 Å². The van der Waals surface area contributed by atoms with Gasteiger partial charge >= 0.3 is 6.18 Å². The number of aromatic nitrogens is 2. The second-order valence-corrected chi connectivity index (χ2v) is 2.83. The van der Waals surface area contributed by atoms with Crippen molar-refractivity contribution in [3.05, 3.63) is 23.9 Å². The van der Waals surface area contributed by atoms with E-state index in [1.807, 2.05) is 0 Å². The zero-order valence-corrected chi connectivity index (χ0v) is 8.45. The van der Waals surface area contributed by atoms with Crippen LogP contribution in [0.2, 0.25) is 0 Å². The van der Waals surface area contributed by atoms with Crippen LogP contribution in [-0.2, 0) is 6.18 Å². The lowest BCUT2D eigenvalue weighted by atomic mass is 10.4. The Balaban J connectivity index is 2.90. The maximum absolute atomic E-state index is 12.3. The molecule has 0 saturated carbocycles. The van der Waals surface area contributed by atoms with Gasteiger partial charge in [-0.2, -0.15) is 18.2 Å². The van der Waals surface area contributed by atoms with Crippen molar-refractivity contribution < 1.29 is 17.9 Å². The Morgan fingerprint density at radius 2 is 2.12 bits per heavy atom. The standard InChI is InChI=1S/C9H10F3N3O/c1-2-3-4-16-7-5-6(9(10,11)12)14-8(13)15-7/h2-3,5H,4H2,1H3,(H2,13,14,15)/b3-2+. The predicted molar refractivity (Wildman–Crippen MR) is 51.8 cm³/mol. The molecule has 16 heavy (non-hydrogen) atoms. The quantitative estimate of drug-likeness (QED) is 0.811. The normalized spacial score (nSPS) is 12.0. The first kappa shape index (κ1) is 12.3. The summed E-state index contributed by atoms with van der Waals surface area (Å²) in [6, 6.07) is 0.708. The Bertz CT molecular complexity index is 390. The smallest absolute Gasteiger partial charge is 0.433 e. The molecule has 0 unspecified atom stereocenters. The molecule has 0 atom stereocenters. The highest BCUT2D eigenvalue weighted by Gasteiger charge is 2.33. The summed E-state index contributed by atoms with van der Waals surface area (Å²) in [5, 5.41) is 0. The topological polar surface area (TPSA) is 61.0 Å². The number of halogens is 3. The summed E-state index contributed by atoms with van der Waals surface area (Å²) in [6.07, 6.45) is -1.23. The molecular formula is C9H10F3N3O. The van der Waals surface area contributed by atoms with E-state index in [0.29, 0.717) is 6.07 Å². The molecule has 0 spiro atoms. The lowest BCUT2D eigenvalue weighted by Gasteiger charge is -2.08. The van der Waals surface area contributed by atoms with Crippen molar-refractivity contribution in [2.24, 2.45) is 0 Å². The molecule has 0 amide bonds. The number of nitrogens with two attached hydrogens (primary N) is 1. The average molecular weight is 233 g/mol. The summed E-state index contributed by atoms with van der Waals surface area (Å²) in [7, 11) is 0. The van der Waals surface area contributed by atoms with Crippen LogP contribution in [0.3, 0.4) is 0 Å². The molecular weight excluding hydrogens is 223 g/mol. The van der Waals surface area contributed by atoms with Crippen LogP contribution < -0.4 is 10.5 Å². The molecule has 1 heterocycles. The van der Waals surface area contributed by atoms with Crippen LogP contribution in [0.4, 0.5) is 19.1 Å². The molecule has 0 bridgehead atoms. The number of alkyl halides is 3. The van der Waals surface area contributed by atoms with Gasteiger partial charge in [0.25, 0.3) is 0 Å².